The van der Waals surface area contributed by atoms with E-state index < -0.39 is 0 Å². The lowest BCUT2D eigenvalue weighted by Gasteiger charge is -2.11. The van der Waals surface area contributed by atoms with Crippen LogP contribution in [-0.4, -0.2) is 19.5 Å². The van der Waals surface area contributed by atoms with Crippen molar-refractivity contribution in [1.82, 2.24) is 19.5 Å². The van der Waals surface area contributed by atoms with Gasteiger partial charge in [-0.25, -0.2) is 15.0 Å². The Morgan fingerprint density at radius 1 is 0.375 bits per heavy atom. The molecular formula is C51H30N4S. The van der Waals surface area contributed by atoms with Crippen LogP contribution in [-0.2, 0) is 0 Å². The highest BCUT2D eigenvalue weighted by molar-refractivity contribution is 7.26. The molecule has 12 aromatic rings. The maximum absolute atomic E-state index is 5.24. The average molecular weight is 731 g/mol. The van der Waals surface area contributed by atoms with E-state index in [4.69, 9.17) is 15.0 Å². The maximum atomic E-state index is 5.24. The Balaban J connectivity index is 1.08. The second-order valence-electron chi connectivity index (χ2n) is 14.4. The summed E-state index contributed by atoms with van der Waals surface area (Å²) in [4.78, 5) is 15.6. The molecule has 9 aromatic carbocycles. The second-order valence-corrected chi connectivity index (χ2v) is 15.5. The van der Waals surface area contributed by atoms with Gasteiger partial charge >= 0.3 is 0 Å². The molecule has 0 aliphatic heterocycles. The first-order chi connectivity index (χ1) is 27.7. The Morgan fingerprint density at radius 3 is 1.70 bits per heavy atom. The van der Waals surface area contributed by atoms with Gasteiger partial charge in [-0.3, -0.25) is 0 Å². The van der Waals surface area contributed by atoms with Crippen LogP contribution in [0.1, 0.15) is 0 Å². The lowest BCUT2D eigenvalue weighted by atomic mass is 10.0. The topological polar surface area (TPSA) is 43.6 Å². The number of fused-ring (bicyclic) bond motifs is 10. The first-order valence-electron chi connectivity index (χ1n) is 18.8. The standard InChI is InChI=1S/C51H30N4S/c1-3-13-34-28-36(22-20-31(34)10-1)49-52-50(37-23-21-32-11-2-4-14-35(32)29-37)54-51(53-49)43-17-9-19-45-47(43)42-27-25-38(30-46(42)56-45)55-44-18-8-7-16-40(44)41-26-24-33-12-5-6-15-39(33)48(41)55/h1-30H. The summed E-state index contributed by atoms with van der Waals surface area (Å²) in [6, 6.07) is 65.1. The number of hydrogen-bond donors (Lipinski definition) is 0. The van der Waals surface area contributed by atoms with Crippen molar-refractivity contribution in [3.8, 4) is 39.9 Å². The van der Waals surface area contributed by atoms with Gasteiger partial charge < -0.3 is 4.57 Å². The Labute approximate surface area is 325 Å². The highest BCUT2D eigenvalue weighted by Crippen LogP contribution is 2.43. The molecule has 0 saturated carbocycles. The average Bonchev–Trinajstić information content (AvgIpc) is 3.81. The number of rotatable bonds is 4. The van der Waals surface area contributed by atoms with Gasteiger partial charge in [-0.1, -0.05) is 146 Å². The van der Waals surface area contributed by atoms with Crippen LogP contribution in [0.3, 0.4) is 0 Å². The predicted octanol–water partition coefficient (Wildman–Crippen LogP) is 13.8. The second kappa shape index (κ2) is 12.2. The van der Waals surface area contributed by atoms with Gasteiger partial charge in [-0.15, -0.1) is 11.3 Å². The monoisotopic (exact) mass is 730 g/mol. The van der Waals surface area contributed by atoms with Crippen molar-refractivity contribution >= 4 is 85.6 Å². The van der Waals surface area contributed by atoms with Crippen LogP contribution in [0.2, 0.25) is 0 Å². The van der Waals surface area contributed by atoms with E-state index in [0.29, 0.717) is 17.5 Å². The van der Waals surface area contributed by atoms with E-state index >= 15 is 0 Å². The summed E-state index contributed by atoms with van der Waals surface area (Å²) in [5.74, 6) is 1.97. The first kappa shape index (κ1) is 31.2. The molecule has 0 N–H and O–H groups in total. The summed E-state index contributed by atoms with van der Waals surface area (Å²) in [5.41, 5.74) is 6.49. The minimum atomic E-state index is 0.654. The highest BCUT2D eigenvalue weighted by Gasteiger charge is 2.20. The van der Waals surface area contributed by atoms with E-state index in [-0.39, 0.29) is 0 Å². The maximum Gasteiger partial charge on any atom is 0.164 e. The van der Waals surface area contributed by atoms with Crippen molar-refractivity contribution in [2.24, 2.45) is 0 Å². The third-order valence-electron chi connectivity index (χ3n) is 11.2. The molecule has 3 heterocycles. The summed E-state index contributed by atoms with van der Waals surface area (Å²) in [7, 11) is 0. The van der Waals surface area contributed by atoms with Crippen molar-refractivity contribution in [2.75, 3.05) is 0 Å². The van der Waals surface area contributed by atoms with E-state index in [1.807, 2.05) is 11.3 Å². The molecule has 0 atom stereocenters. The minimum Gasteiger partial charge on any atom is -0.309 e. The fourth-order valence-corrected chi connectivity index (χ4v) is 9.71. The molecular weight excluding hydrogens is 701 g/mol. The Morgan fingerprint density at radius 2 is 0.964 bits per heavy atom. The number of thiophene rings is 1. The molecule has 0 spiro atoms. The van der Waals surface area contributed by atoms with Crippen LogP contribution in [0.5, 0.6) is 0 Å². The lowest BCUT2D eigenvalue weighted by Crippen LogP contribution is -2.00. The van der Waals surface area contributed by atoms with Crippen LogP contribution in [0, 0.1) is 0 Å². The Kier molecular flexibility index (Phi) is 6.76. The fourth-order valence-electron chi connectivity index (χ4n) is 8.55. The lowest BCUT2D eigenvalue weighted by molar-refractivity contribution is 1.08. The Hall–Kier alpha value is -7.21. The SMILES string of the molecule is c1ccc2cc(-c3nc(-c4ccc5ccccc5c4)nc(-c4cccc5sc6cc(-n7c8ccccc8c8ccc9ccccc9c87)ccc6c45)n3)ccc2c1. The fraction of sp³-hybridized carbons (Fsp3) is 0. The zero-order valence-electron chi connectivity index (χ0n) is 30.0. The summed E-state index contributed by atoms with van der Waals surface area (Å²) < 4.78 is 4.85. The van der Waals surface area contributed by atoms with Crippen molar-refractivity contribution < 1.29 is 0 Å². The number of benzene rings is 9. The van der Waals surface area contributed by atoms with E-state index in [9.17, 15) is 0 Å². The summed E-state index contributed by atoms with van der Waals surface area (Å²) in [6.45, 7) is 0. The van der Waals surface area contributed by atoms with Crippen molar-refractivity contribution in [2.45, 2.75) is 0 Å². The van der Waals surface area contributed by atoms with Crippen LogP contribution in [0.4, 0.5) is 0 Å². The number of para-hydroxylation sites is 1. The molecule has 56 heavy (non-hydrogen) atoms. The zero-order valence-corrected chi connectivity index (χ0v) is 30.8. The minimum absolute atomic E-state index is 0.654. The van der Waals surface area contributed by atoms with Crippen molar-refractivity contribution in [3.63, 3.8) is 0 Å². The van der Waals surface area contributed by atoms with Gasteiger partial charge in [0.2, 0.25) is 0 Å². The van der Waals surface area contributed by atoms with Crippen molar-refractivity contribution in [3.05, 3.63) is 182 Å². The molecule has 0 radical (unpaired) electrons. The van der Waals surface area contributed by atoms with E-state index in [1.54, 1.807) is 0 Å². The van der Waals surface area contributed by atoms with Crippen molar-refractivity contribution in [1.29, 1.82) is 0 Å². The predicted molar refractivity (Wildman–Crippen MR) is 236 cm³/mol. The van der Waals surface area contributed by atoms with Gasteiger partial charge in [0.25, 0.3) is 0 Å². The molecule has 0 bridgehead atoms. The van der Waals surface area contributed by atoms with Gasteiger partial charge in [0, 0.05) is 58.7 Å². The summed E-state index contributed by atoms with van der Waals surface area (Å²) in [6.07, 6.45) is 0. The molecule has 0 aliphatic carbocycles. The van der Waals surface area contributed by atoms with Gasteiger partial charge in [0.15, 0.2) is 17.5 Å². The van der Waals surface area contributed by atoms with Gasteiger partial charge in [-0.2, -0.15) is 0 Å². The molecule has 0 saturated heterocycles. The van der Waals surface area contributed by atoms with Crippen LogP contribution in [0.25, 0.3) is 114 Å². The van der Waals surface area contributed by atoms with Crippen LogP contribution >= 0.6 is 11.3 Å². The zero-order chi connectivity index (χ0) is 36.7. The molecule has 0 unspecified atom stereocenters. The van der Waals surface area contributed by atoms with Gasteiger partial charge in [0.05, 0.1) is 11.0 Å². The third kappa shape index (κ3) is 4.81. The smallest absolute Gasteiger partial charge is 0.164 e. The number of hydrogen-bond acceptors (Lipinski definition) is 4. The highest BCUT2D eigenvalue weighted by atomic mass is 32.1. The van der Waals surface area contributed by atoms with E-state index in [0.717, 1.165) is 38.5 Å². The molecule has 0 amide bonds. The summed E-state index contributed by atoms with van der Waals surface area (Å²) in [5, 5.41) is 12.0. The van der Waals surface area contributed by atoms with E-state index in [2.05, 4.69) is 187 Å². The normalized spacial score (nSPS) is 11.9. The molecule has 3 aromatic heterocycles. The van der Waals surface area contributed by atoms with Crippen LogP contribution < -0.4 is 0 Å². The number of aromatic nitrogens is 4. The molecule has 12 rings (SSSR count). The van der Waals surface area contributed by atoms with Crippen LogP contribution in [0.15, 0.2) is 182 Å². The molecule has 0 fully saturated rings. The Bertz CT molecular complexity index is 3460. The summed E-state index contributed by atoms with van der Waals surface area (Å²) >= 11 is 1.82. The van der Waals surface area contributed by atoms with E-state index in [1.165, 1.54) is 58.1 Å². The molecule has 5 heteroatoms. The number of nitrogens with zero attached hydrogens (tertiary/aromatic N) is 4. The third-order valence-corrected chi connectivity index (χ3v) is 12.3. The molecule has 260 valence electrons. The molecule has 0 aliphatic rings. The first-order valence-corrected chi connectivity index (χ1v) is 19.7. The van der Waals surface area contributed by atoms with Gasteiger partial charge in [-0.05, 0) is 63.3 Å². The van der Waals surface area contributed by atoms with Gasteiger partial charge in [0.1, 0.15) is 0 Å². The largest absolute Gasteiger partial charge is 0.309 e. The molecule has 4 nitrogen and oxygen atoms in total. The quantitative estimate of drug-likeness (QED) is 0.181.